The Morgan fingerprint density at radius 2 is 1.96 bits per heavy atom. The number of carbonyl (C=O) groups excluding carboxylic acids is 2. The second-order valence-corrected chi connectivity index (χ2v) is 6.59. The number of hydrogen-bond donors (Lipinski definition) is 1. The summed E-state index contributed by atoms with van der Waals surface area (Å²) >= 11 is 3.45. The van der Waals surface area contributed by atoms with Gasteiger partial charge in [0, 0.05) is 32.3 Å². The van der Waals surface area contributed by atoms with Crippen molar-refractivity contribution in [3.8, 4) is 0 Å². The molecule has 0 atom stereocenters. The number of aromatic nitrogens is 1. The van der Waals surface area contributed by atoms with Crippen LogP contribution >= 0.6 is 15.9 Å². The van der Waals surface area contributed by atoms with Gasteiger partial charge in [0.1, 0.15) is 6.54 Å². The van der Waals surface area contributed by atoms with Crippen LogP contribution in [0.15, 0.2) is 46.9 Å². The maximum absolute atomic E-state index is 12.4. The molecule has 0 aliphatic rings. The predicted octanol–water partition coefficient (Wildman–Crippen LogP) is 4.47. The van der Waals surface area contributed by atoms with Crippen molar-refractivity contribution in [2.75, 3.05) is 5.32 Å². The Morgan fingerprint density at radius 1 is 1.21 bits per heavy atom. The molecule has 3 aromatic rings. The molecule has 1 aromatic heterocycles. The third kappa shape index (κ3) is 2.99. The van der Waals surface area contributed by atoms with E-state index in [2.05, 4.69) is 21.2 Å². The second kappa shape index (κ2) is 6.61. The smallest absolute Gasteiger partial charge is 0.244 e. The number of rotatable bonds is 4. The highest BCUT2D eigenvalue weighted by Gasteiger charge is 2.15. The first-order chi connectivity index (χ1) is 11.5. The van der Waals surface area contributed by atoms with Gasteiger partial charge < -0.3 is 9.88 Å². The summed E-state index contributed by atoms with van der Waals surface area (Å²) in [6.07, 6.45) is 0.851. The summed E-state index contributed by atoms with van der Waals surface area (Å²) in [6.45, 7) is 4.00. The van der Waals surface area contributed by atoms with E-state index in [4.69, 9.17) is 0 Å². The van der Waals surface area contributed by atoms with Crippen molar-refractivity contribution in [3.63, 3.8) is 0 Å². The van der Waals surface area contributed by atoms with E-state index in [9.17, 15) is 9.59 Å². The first-order valence-electron chi connectivity index (χ1n) is 7.60. The fourth-order valence-corrected chi connectivity index (χ4v) is 3.12. The minimum absolute atomic E-state index is 0.127. The molecule has 122 valence electrons. The molecule has 1 heterocycles. The van der Waals surface area contributed by atoms with Crippen molar-refractivity contribution in [1.29, 1.82) is 0 Å². The van der Waals surface area contributed by atoms with Crippen LogP contribution < -0.4 is 5.32 Å². The van der Waals surface area contributed by atoms with E-state index in [1.165, 1.54) is 0 Å². The molecule has 0 spiro atoms. The van der Waals surface area contributed by atoms with E-state index in [1.807, 2.05) is 60.9 Å². The van der Waals surface area contributed by atoms with Crippen LogP contribution in [0.2, 0.25) is 0 Å². The molecule has 0 unspecified atom stereocenters. The maximum atomic E-state index is 12.4. The predicted molar refractivity (Wildman–Crippen MR) is 99.6 cm³/mol. The van der Waals surface area contributed by atoms with Gasteiger partial charge in [0.15, 0.2) is 6.29 Å². The van der Waals surface area contributed by atoms with E-state index < -0.39 is 0 Å². The SMILES string of the molecule is Cc1cc(NC(=O)Cn2c(C)c(C=O)c3ccccc32)ccc1Br. The molecule has 5 heteroatoms. The first-order valence-corrected chi connectivity index (χ1v) is 8.39. The van der Waals surface area contributed by atoms with Crippen LogP contribution in [-0.4, -0.2) is 16.8 Å². The average Bonchev–Trinajstić information content (AvgIpc) is 2.83. The second-order valence-electron chi connectivity index (χ2n) is 5.73. The zero-order valence-corrected chi connectivity index (χ0v) is 15.1. The Hall–Kier alpha value is -2.40. The number of aldehydes is 1. The molecule has 0 saturated carbocycles. The highest BCUT2D eigenvalue weighted by atomic mass is 79.9. The van der Waals surface area contributed by atoms with Gasteiger partial charge in [-0.1, -0.05) is 34.1 Å². The summed E-state index contributed by atoms with van der Waals surface area (Å²) in [6, 6.07) is 13.3. The molecule has 0 bridgehead atoms. The van der Waals surface area contributed by atoms with E-state index in [-0.39, 0.29) is 12.5 Å². The lowest BCUT2D eigenvalue weighted by atomic mass is 10.1. The number of fused-ring (bicyclic) bond motifs is 1. The molecule has 0 radical (unpaired) electrons. The van der Waals surface area contributed by atoms with Crippen LogP contribution in [0, 0.1) is 13.8 Å². The Bertz CT molecular complexity index is 944. The minimum atomic E-state index is -0.127. The largest absolute Gasteiger partial charge is 0.335 e. The highest BCUT2D eigenvalue weighted by molar-refractivity contribution is 9.10. The number of nitrogens with one attached hydrogen (secondary N) is 1. The first kappa shape index (κ1) is 16.5. The summed E-state index contributed by atoms with van der Waals surface area (Å²) in [4.78, 5) is 23.8. The fraction of sp³-hybridized carbons (Fsp3) is 0.158. The van der Waals surface area contributed by atoms with Crippen LogP contribution in [0.5, 0.6) is 0 Å². The third-order valence-electron chi connectivity index (χ3n) is 4.14. The summed E-state index contributed by atoms with van der Waals surface area (Å²) in [5.74, 6) is -0.127. The van der Waals surface area contributed by atoms with Crippen LogP contribution in [0.4, 0.5) is 5.69 Å². The average molecular weight is 385 g/mol. The number of aryl methyl sites for hydroxylation is 1. The van der Waals surface area contributed by atoms with E-state index in [0.29, 0.717) is 5.56 Å². The van der Waals surface area contributed by atoms with Gasteiger partial charge in [0.2, 0.25) is 5.91 Å². The molecule has 0 saturated heterocycles. The molecule has 4 nitrogen and oxygen atoms in total. The van der Waals surface area contributed by atoms with Crippen LogP contribution in [0.1, 0.15) is 21.6 Å². The molecule has 1 N–H and O–H groups in total. The molecule has 1 amide bonds. The Kier molecular flexibility index (Phi) is 4.53. The quantitative estimate of drug-likeness (QED) is 0.674. The van der Waals surface area contributed by atoms with Crippen molar-refractivity contribution in [3.05, 3.63) is 63.8 Å². The van der Waals surface area contributed by atoms with Crippen molar-refractivity contribution < 1.29 is 9.59 Å². The molecule has 0 fully saturated rings. The van der Waals surface area contributed by atoms with Gasteiger partial charge in [-0.05, 0) is 43.7 Å². The summed E-state index contributed by atoms with van der Waals surface area (Å²) in [5.41, 5.74) is 4.13. The van der Waals surface area contributed by atoms with Crippen LogP contribution in [-0.2, 0) is 11.3 Å². The van der Waals surface area contributed by atoms with Gasteiger partial charge in [-0.25, -0.2) is 0 Å². The minimum Gasteiger partial charge on any atom is -0.335 e. The van der Waals surface area contributed by atoms with E-state index in [1.54, 1.807) is 0 Å². The van der Waals surface area contributed by atoms with Crippen LogP contribution in [0.3, 0.4) is 0 Å². The van der Waals surface area contributed by atoms with Crippen molar-refractivity contribution in [2.24, 2.45) is 0 Å². The number of amides is 1. The number of nitrogens with zero attached hydrogens (tertiary/aromatic N) is 1. The normalized spacial score (nSPS) is 10.8. The van der Waals surface area contributed by atoms with E-state index >= 15 is 0 Å². The maximum Gasteiger partial charge on any atom is 0.244 e. The molecule has 24 heavy (non-hydrogen) atoms. The van der Waals surface area contributed by atoms with Gasteiger partial charge in [-0.2, -0.15) is 0 Å². The molecule has 3 rings (SSSR count). The number of carbonyl (C=O) groups is 2. The van der Waals surface area contributed by atoms with Crippen molar-refractivity contribution in [2.45, 2.75) is 20.4 Å². The number of benzene rings is 2. The van der Waals surface area contributed by atoms with Gasteiger partial charge in [0.05, 0.1) is 0 Å². The number of anilines is 1. The lowest BCUT2D eigenvalue weighted by molar-refractivity contribution is -0.116. The lowest BCUT2D eigenvalue weighted by Gasteiger charge is -2.10. The number of hydrogen-bond acceptors (Lipinski definition) is 2. The van der Waals surface area contributed by atoms with Gasteiger partial charge in [-0.15, -0.1) is 0 Å². The Balaban J connectivity index is 1.89. The Morgan fingerprint density at radius 3 is 2.67 bits per heavy atom. The van der Waals surface area contributed by atoms with Gasteiger partial charge in [-0.3, -0.25) is 9.59 Å². The Labute approximate surface area is 148 Å². The van der Waals surface area contributed by atoms with Crippen molar-refractivity contribution in [1.82, 2.24) is 4.57 Å². The van der Waals surface area contributed by atoms with Gasteiger partial charge >= 0.3 is 0 Å². The number of halogens is 1. The lowest BCUT2D eigenvalue weighted by Crippen LogP contribution is -2.19. The summed E-state index contributed by atoms with van der Waals surface area (Å²) in [7, 11) is 0. The number of para-hydroxylation sites is 1. The van der Waals surface area contributed by atoms with Crippen LogP contribution in [0.25, 0.3) is 10.9 Å². The monoisotopic (exact) mass is 384 g/mol. The topological polar surface area (TPSA) is 51.1 Å². The molecular weight excluding hydrogens is 368 g/mol. The molecule has 0 aliphatic carbocycles. The molecular formula is C19H17BrN2O2. The van der Waals surface area contributed by atoms with E-state index in [0.717, 1.165) is 38.6 Å². The van der Waals surface area contributed by atoms with Crippen molar-refractivity contribution >= 4 is 44.7 Å². The fourth-order valence-electron chi connectivity index (χ4n) is 2.88. The third-order valence-corrected chi connectivity index (χ3v) is 5.03. The molecule has 2 aromatic carbocycles. The summed E-state index contributed by atoms with van der Waals surface area (Å²) < 4.78 is 2.88. The zero-order chi connectivity index (χ0) is 17.3. The summed E-state index contributed by atoms with van der Waals surface area (Å²) in [5, 5.41) is 3.78. The van der Waals surface area contributed by atoms with Gasteiger partial charge in [0.25, 0.3) is 0 Å². The zero-order valence-electron chi connectivity index (χ0n) is 13.5. The highest BCUT2D eigenvalue weighted by Crippen LogP contribution is 2.25. The standard InChI is InChI=1S/C19H17BrN2O2/c1-12-9-14(7-8-17(12)20)21-19(24)10-22-13(2)16(11-23)15-5-3-4-6-18(15)22/h3-9,11H,10H2,1-2H3,(H,21,24). The molecule has 0 aliphatic heterocycles.